The van der Waals surface area contributed by atoms with E-state index < -0.39 is 0 Å². The number of imidazole rings is 1. The molecule has 21 heavy (non-hydrogen) atoms. The highest BCUT2D eigenvalue weighted by atomic mass is 16.1. The molecule has 0 saturated carbocycles. The van der Waals surface area contributed by atoms with Crippen molar-refractivity contribution in [1.29, 1.82) is 0 Å². The first-order valence-electron chi connectivity index (χ1n) is 6.70. The molecule has 0 spiro atoms. The molecule has 4 nitrogen and oxygen atoms in total. The van der Waals surface area contributed by atoms with E-state index in [0.29, 0.717) is 5.56 Å². The minimum absolute atomic E-state index is 0.0970. The van der Waals surface area contributed by atoms with Crippen LogP contribution in [0.5, 0.6) is 0 Å². The lowest BCUT2D eigenvalue weighted by Crippen LogP contribution is -2.17. The van der Waals surface area contributed by atoms with E-state index in [4.69, 9.17) is 0 Å². The van der Waals surface area contributed by atoms with Gasteiger partial charge in [-0.15, -0.1) is 0 Å². The maximum absolute atomic E-state index is 11.7. The summed E-state index contributed by atoms with van der Waals surface area (Å²) in [4.78, 5) is 16.1. The number of nitrogens with one attached hydrogen (secondary N) is 1. The van der Waals surface area contributed by atoms with Crippen LogP contribution in [-0.4, -0.2) is 22.5 Å². The van der Waals surface area contributed by atoms with Crippen molar-refractivity contribution in [2.45, 2.75) is 0 Å². The van der Waals surface area contributed by atoms with Gasteiger partial charge < -0.3 is 9.88 Å². The zero-order valence-electron chi connectivity index (χ0n) is 11.7. The van der Waals surface area contributed by atoms with Gasteiger partial charge in [-0.05, 0) is 18.2 Å². The number of nitrogens with zero attached hydrogens (tertiary/aromatic N) is 2. The zero-order valence-corrected chi connectivity index (χ0v) is 11.7. The molecule has 0 unspecified atom stereocenters. The molecule has 0 atom stereocenters. The number of amides is 1. The SMILES string of the molecule is CNC(=O)c1cccc(-n2cnc(-c3ccccc3)c2)c1. The Morgan fingerprint density at radius 1 is 1.10 bits per heavy atom. The molecule has 0 aliphatic rings. The summed E-state index contributed by atoms with van der Waals surface area (Å²) in [5, 5.41) is 2.63. The zero-order chi connectivity index (χ0) is 14.7. The van der Waals surface area contributed by atoms with Gasteiger partial charge in [-0.25, -0.2) is 4.98 Å². The van der Waals surface area contributed by atoms with Crippen molar-refractivity contribution in [3.8, 4) is 16.9 Å². The highest BCUT2D eigenvalue weighted by Crippen LogP contribution is 2.19. The molecule has 1 aromatic heterocycles. The number of carbonyl (C=O) groups excluding carboxylic acids is 1. The van der Waals surface area contributed by atoms with Gasteiger partial charge in [0.1, 0.15) is 0 Å². The molecule has 1 heterocycles. The lowest BCUT2D eigenvalue weighted by Gasteiger charge is -2.04. The minimum atomic E-state index is -0.0970. The fourth-order valence-corrected chi connectivity index (χ4v) is 2.17. The van der Waals surface area contributed by atoms with Crippen molar-refractivity contribution in [2.24, 2.45) is 0 Å². The summed E-state index contributed by atoms with van der Waals surface area (Å²) in [7, 11) is 1.62. The molecule has 0 aliphatic heterocycles. The van der Waals surface area contributed by atoms with Crippen LogP contribution in [-0.2, 0) is 0 Å². The van der Waals surface area contributed by atoms with Crippen molar-refractivity contribution >= 4 is 5.91 Å². The third-order valence-electron chi connectivity index (χ3n) is 3.29. The second kappa shape index (κ2) is 5.63. The molecule has 2 aromatic carbocycles. The smallest absolute Gasteiger partial charge is 0.251 e. The second-order valence-electron chi connectivity index (χ2n) is 4.66. The standard InChI is InChI=1S/C17H15N3O/c1-18-17(21)14-8-5-9-15(10-14)20-11-16(19-12-20)13-6-3-2-4-7-13/h2-12H,1H3,(H,18,21). The van der Waals surface area contributed by atoms with Crippen molar-refractivity contribution in [2.75, 3.05) is 7.05 Å². The minimum Gasteiger partial charge on any atom is -0.355 e. The van der Waals surface area contributed by atoms with Gasteiger partial charge in [0.2, 0.25) is 0 Å². The van der Waals surface area contributed by atoms with Gasteiger partial charge in [0, 0.05) is 30.1 Å². The van der Waals surface area contributed by atoms with Crippen LogP contribution >= 0.6 is 0 Å². The summed E-state index contributed by atoms with van der Waals surface area (Å²) in [6, 6.07) is 17.4. The van der Waals surface area contributed by atoms with Gasteiger partial charge in [-0.2, -0.15) is 0 Å². The van der Waals surface area contributed by atoms with Crippen LogP contribution in [0.4, 0.5) is 0 Å². The molecule has 0 aliphatic carbocycles. The molecular formula is C17H15N3O. The van der Waals surface area contributed by atoms with Crippen LogP contribution in [0.15, 0.2) is 67.1 Å². The lowest BCUT2D eigenvalue weighted by atomic mass is 10.1. The van der Waals surface area contributed by atoms with Gasteiger partial charge in [-0.1, -0.05) is 36.4 Å². The van der Waals surface area contributed by atoms with Crippen LogP contribution in [0, 0.1) is 0 Å². The van der Waals surface area contributed by atoms with Crippen molar-refractivity contribution in [3.05, 3.63) is 72.7 Å². The van der Waals surface area contributed by atoms with Crippen LogP contribution < -0.4 is 5.32 Å². The molecule has 4 heteroatoms. The van der Waals surface area contributed by atoms with Crippen LogP contribution in [0.3, 0.4) is 0 Å². The number of benzene rings is 2. The van der Waals surface area contributed by atoms with Crippen molar-refractivity contribution in [3.63, 3.8) is 0 Å². The predicted octanol–water partition coefficient (Wildman–Crippen LogP) is 2.90. The third-order valence-corrected chi connectivity index (χ3v) is 3.29. The Balaban J connectivity index is 1.95. The first-order valence-corrected chi connectivity index (χ1v) is 6.70. The Bertz CT molecular complexity index is 762. The summed E-state index contributed by atoms with van der Waals surface area (Å²) < 4.78 is 1.91. The van der Waals surface area contributed by atoms with Gasteiger partial charge in [0.15, 0.2) is 0 Å². The van der Waals surface area contributed by atoms with Gasteiger partial charge >= 0.3 is 0 Å². The topological polar surface area (TPSA) is 46.9 Å². The summed E-state index contributed by atoms with van der Waals surface area (Å²) in [5.74, 6) is -0.0970. The molecule has 0 radical (unpaired) electrons. The average molecular weight is 277 g/mol. The van der Waals surface area contributed by atoms with Gasteiger partial charge in [0.25, 0.3) is 5.91 Å². The quantitative estimate of drug-likeness (QED) is 0.800. The van der Waals surface area contributed by atoms with E-state index in [0.717, 1.165) is 16.9 Å². The Hall–Kier alpha value is -2.88. The van der Waals surface area contributed by atoms with E-state index >= 15 is 0 Å². The molecule has 0 bridgehead atoms. The number of carbonyl (C=O) groups is 1. The largest absolute Gasteiger partial charge is 0.355 e. The summed E-state index contributed by atoms with van der Waals surface area (Å²) in [6.45, 7) is 0. The van der Waals surface area contributed by atoms with Crippen LogP contribution in [0.1, 0.15) is 10.4 Å². The first kappa shape index (κ1) is 13.1. The molecule has 1 amide bonds. The lowest BCUT2D eigenvalue weighted by molar-refractivity contribution is 0.0963. The Morgan fingerprint density at radius 2 is 1.90 bits per heavy atom. The number of rotatable bonds is 3. The predicted molar refractivity (Wildman–Crippen MR) is 82.4 cm³/mol. The normalized spacial score (nSPS) is 10.3. The second-order valence-corrected chi connectivity index (χ2v) is 4.66. The van der Waals surface area contributed by atoms with Gasteiger partial charge in [-0.3, -0.25) is 4.79 Å². The monoisotopic (exact) mass is 277 g/mol. The number of hydrogen-bond donors (Lipinski definition) is 1. The van der Waals surface area contributed by atoms with Crippen molar-refractivity contribution in [1.82, 2.24) is 14.9 Å². The molecule has 0 fully saturated rings. The molecule has 0 saturated heterocycles. The fourth-order valence-electron chi connectivity index (χ4n) is 2.17. The van der Waals surface area contributed by atoms with E-state index in [-0.39, 0.29) is 5.91 Å². The van der Waals surface area contributed by atoms with E-state index in [1.807, 2.05) is 59.3 Å². The van der Waals surface area contributed by atoms with Crippen LogP contribution in [0.2, 0.25) is 0 Å². The van der Waals surface area contributed by atoms with Crippen LogP contribution in [0.25, 0.3) is 16.9 Å². The highest BCUT2D eigenvalue weighted by Gasteiger charge is 2.06. The summed E-state index contributed by atoms with van der Waals surface area (Å²) in [5.41, 5.74) is 3.51. The molecule has 3 rings (SSSR count). The Labute approximate surface area is 123 Å². The van der Waals surface area contributed by atoms with E-state index in [9.17, 15) is 4.79 Å². The number of hydrogen-bond acceptors (Lipinski definition) is 2. The Kier molecular flexibility index (Phi) is 3.51. The number of aromatic nitrogens is 2. The maximum Gasteiger partial charge on any atom is 0.251 e. The summed E-state index contributed by atoms with van der Waals surface area (Å²) >= 11 is 0. The molecule has 1 N–H and O–H groups in total. The Morgan fingerprint density at radius 3 is 2.67 bits per heavy atom. The third kappa shape index (κ3) is 2.69. The molecule has 104 valence electrons. The molecular weight excluding hydrogens is 262 g/mol. The van der Waals surface area contributed by atoms with E-state index in [2.05, 4.69) is 10.3 Å². The fraction of sp³-hybridized carbons (Fsp3) is 0.0588. The molecule has 3 aromatic rings. The highest BCUT2D eigenvalue weighted by molar-refractivity contribution is 5.94. The maximum atomic E-state index is 11.7. The first-order chi connectivity index (χ1) is 10.3. The summed E-state index contributed by atoms with van der Waals surface area (Å²) in [6.07, 6.45) is 3.71. The van der Waals surface area contributed by atoms with E-state index in [1.54, 1.807) is 19.4 Å². The average Bonchev–Trinajstić information content (AvgIpc) is 3.05. The van der Waals surface area contributed by atoms with Crippen molar-refractivity contribution < 1.29 is 4.79 Å². The van der Waals surface area contributed by atoms with Gasteiger partial charge in [0.05, 0.1) is 12.0 Å². The van der Waals surface area contributed by atoms with E-state index in [1.165, 1.54) is 0 Å².